The van der Waals surface area contributed by atoms with Crippen LogP contribution < -0.4 is 10.6 Å². The summed E-state index contributed by atoms with van der Waals surface area (Å²) in [6.07, 6.45) is 4.51. The number of rotatable bonds is 5. The third-order valence-corrected chi connectivity index (χ3v) is 4.82. The van der Waals surface area contributed by atoms with Gasteiger partial charge in [-0.3, -0.25) is 14.7 Å². The number of nitrogens with one attached hydrogen (secondary N) is 2. The van der Waals surface area contributed by atoms with Gasteiger partial charge in [-0.2, -0.15) is 10.2 Å². The van der Waals surface area contributed by atoms with Crippen LogP contribution in [-0.2, 0) is 25.4 Å². The van der Waals surface area contributed by atoms with Gasteiger partial charge in [0.2, 0.25) is 0 Å². The molecule has 1 aliphatic carbocycles. The van der Waals surface area contributed by atoms with Crippen LogP contribution in [0.4, 0.5) is 10.6 Å². The molecule has 134 valence electrons. The van der Waals surface area contributed by atoms with Crippen molar-refractivity contribution in [3.63, 3.8) is 0 Å². The largest absolute Gasteiger partial charge is 0.372 e. The molecule has 8 heteroatoms. The Morgan fingerprint density at radius 2 is 2.00 bits per heavy atom. The minimum atomic E-state index is -0.254. The number of carbonyl (C=O) groups is 1. The van der Waals surface area contributed by atoms with Gasteiger partial charge in [0.05, 0.1) is 23.6 Å². The molecule has 8 nitrogen and oxygen atoms in total. The lowest BCUT2D eigenvalue weighted by Crippen LogP contribution is -2.29. The van der Waals surface area contributed by atoms with Crippen LogP contribution in [0.1, 0.15) is 54.8 Å². The van der Waals surface area contributed by atoms with Gasteiger partial charge >= 0.3 is 6.03 Å². The van der Waals surface area contributed by atoms with Crippen molar-refractivity contribution in [2.75, 3.05) is 11.9 Å². The molecule has 4 rings (SSSR count). The topological polar surface area (TPSA) is 86.0 Å². The molecule has 2 amide bonds. The quantitative estimate of drug-likeness (QED) is 0.871. The minimum absolute atomic E-state index is 0.0418. The molecule has 1 saturated heterocycles. The number of urea groups is 1. The van der Waals surface area contributed by atoms with Crippen LogP contribution in [0.25, 0.3) is 0 Å². The number of hydrogen-bond donors (Lipinski definition) is 2. The molecule has 1 unspecified atom stereocenters. The van der Waals surface area contributed by atoms with Crippen molar-refractivity contribution in [3.05, 3.63) is 29.2 Å². The zero-order chi connectivity index (χ0) is 17.4. The van der Waals surface area contributed by atoms with Gasteiger partial charge in [-0.05, 0) is 31.7 Å². The first kappa shape index (κ1) is 16.1. The number of ether oxygens (including phenoxy) is 1. The number of nitrogens with zero attached hydrogens (tertiary/aromatic N) is 4. The molecule has 1 atom stereocenters. The molecular weight excluding hydrogens is 320 g/mol. The Morgan fingerprint density at radius 1 is 1.20 bits per heavy atom. The highest BCUT2D eigenvalue weighted by atomic mass is 16.5. The number of aryl methyl sites for hydroxylation is 2. The summed E-state index contributed by atoms with van der Waals surface area (Å²) in [5.41, 5.74) is 3.01. The SMILES string of the molecule is Cn1nc(C2CC2)cc1CNC(=O)Nc1cc(C2CCCO2)nn1C. The molecule has 3 heterocycles. The third-order valence-electron chi connectivity index (χ3n) is 4.82. The van der Waals surface area contributed by atoms with Gasteiger partial charge in [0.15, 0.2) is 0 Å². The normalized spacial score (nSPS) is 20.0. The smallest absolute Gasteiger partial charge is 0.320 e. The third kappa shape index (κ3) is 3.53. The highest BCUT2D eigenvalue weighted by Gasteiger charge is 2.27. The number of carbonyl (C=O) groups excluding carboxylic acids is 1. The predicted octanol–water partition coefficient (Wildman–Crippen LogP) is 2.20. The van der Waals surface area contributed by atoms with Gasteiger partial charge in [-0.25, -0.2) is 4.79 Å². The summed E-state index contributed by atoms with van der Waals surface area (Å²) in [5.74, 6) is 1.27. The van der Waals surface area contributed by atoms with Gasteiger partial charge in [0, 0.05) is 32.7 Å². The summed E-state index contributed by atoms with van der Waals surface area (Å²) < 4.78 is 9.16. The van der Waals surface area contributed by atoms with E-state index in [4.69, 9.17) is 4.74 Å². The first-order valence-corrected chi connectivity index (χ1v) is 8.83. The Bertz CT molecular complexity index is 770. The Hall–Kier alpha value is -2.35. The second-order valence-electron chi connectivity index (χ2n) is 6.85. The van der Waals surface area contributed by atoms with Crippen LogP contribution in [0.15, 0.2) is 12.1 Å². The van der Waals surface area contributed by atoms with Crippen LogP contribution >= 0.6 is 0 Å². The van der Waals surface area contributed by atoms with E-state index in [0.717, 1.165) is 36.5 Å². The lowest BCUT2D eigenvalue weighted by Gasteiger charge is -2.07. The molecule has 25 heavy (non-hydrogen) atoms. The number of anilines is 1. The maximum atomic E-state index is 12.2. The fourth-order valence-corrected chi connectivity index (χ4v) is 3.18. The first-order chi connectivity index (χ1) is 12.1. The molecule has 0 bridgehead atoms. The van der Waals surface area contributed by atoms with E-state index in [-0.39, 0.29) is 12.1 Å². The van der Waals surface area contributed by atoms with E-state index in [1.165, 1.54) is 12.8 Å². The van der Waals surface area contributed by atoms with Crippen molar-refractivity contribution in [2.45, 2.75) is 44.2 Å². The van der Waals surface area contributed by atoms with Crippen molar-refractivity contribution in [2.24, 2.45) is 14.1 Å². The number of aromatic nitrogens is 4. The van der Waals surface area contributed by atoms with Crippen LogP contribution in [0, 0.1) is 0 Å². The summed E-state index contributed by atoms with van der Waals surface area (Å²) in [4.78, 5) is 12.2. The van der Waals surface area contributed by atoms with E-state index in [9.17, 15) is 4.79 Å². The highest BCUT2D eigenvalue weighted by Crippen LogP contribution is 2.39. The molecule has 2 aromatic rings. The molecule has 1 saturated carbocycles. The van der Waals surface area contributed by atoms with Crippen LogP contribution in [-0.4, -0.2) is 32.2 Å². The summed E-state index contributed by atoms with van der Waals surface area (Å²) in [6, 6.07) is 3.71. The summed E-state index contributed by atoms with van der Waals surface area (Å²) in [5, 5.41) is 14.7. The summed E-state index contributed by atoms with van der Waals surface area (Å²) in [6.45, 7) is 1.22. The Morgan fingerprint density at radius 3 is 2.72 bits per heavy atom. The van der Waals surface area contributed by atoms with E-state index < -0.39 is 0 Å². The molecule has 2 N–H and O–H groups in total. The molecule has 2 fully saturated rings. The molecule has 0 spiro atoms. The van der Waals surface area contributed by atoms with Gasteiger partial charge in [0.1, 0.15) is 11.9 Å². The van der Waals surface area contributed by atoms with Crippen molar-refractivity contribution in [1.82, 2.24) is 24.9 Å². The number of amides is 2. The zero-order valence-electron chi connectivity index (χ0n) is 14.7. The van der Waals surface area contributed by atoms with Gasteiger partial charge in [0.25, 0.3) is 0 Å². The molecular formula is C17H24N6O2. The van der Waals surface area contributed by atoms with Crippen molar-refractivity contribution in [3.8, 4) is 0 Å². The molecule has 2 aromatic heterocycles. The van der Waals surface area contributed by atoms with E-state index >= 15 is 0 Å². The van der Waals surface area contributed by atoms with Gasteiger partial charge in [-0.15, -0.1) is 0 Å². The molecule has 2 aliphatic rings. The highest BCUT2D eigenvalue weighted by molar-refractivity contribution is 5.88. The summed E-state index contributed by atoms with van der Waals surface area (Å²) in [7, 11) is 3.73. The lowest BCUT2D eigenvalue weighted by atomic mass is 10.2. The molecule has 0 aromatic carbocycles. The van der Waals surface area contributed by atoms with Gasteiger partial charge < -0.3 is 10.1 Å². The summed E-state index contributed by atoms with van der Waals surface area (Å²) >= 11 is 0. The van der Waals surface area contributed by atoms with Crippen LogP contribution in [0.3, 0.4) is 0 Å². The lowest BCUT2D eigenvalue weighted by molar-refractivity contribution is 0.108. The Kier molecular flexibility index (Phi) is 4.20. The van der Waals surface area contributed by atoms with Crippen molar-refractivity contribution >= 4 is 11.8 Å². The van der Waals surface area contributed by atoms with Crippen molar-refractivity contribution < 1.29 is 9.53 Å². The molecule has 0 radical (unpaired) electrons. The maximum absolute atomic E-state index is 12.2. The average Bonchev–Trinajstić information content (AvgIpc) is 2.99. The Balaban J connectivity index is 1.34. The fourth-order valence-electron chi connectivity index (χ4n) is 3.18. The molecule has 1 aliphatic heterocycles. The van der Waals surface area contributed by atoms with Crippen LogP contribution in [0.5, 0.6) is 0 Å². The van der Waals surface area contributed by atoms with E-state index in [2.05, 4.69) is 26.9 Å². The van der Waals surface area contributed by atoms with Crippen molar-refractivity contribution in [1.29, 1.82) is 0 Å². The van der Waals surface area contributed by atoms with E-state index in [1.807, 2.05) is 24.8 Å². The predicted molar refractivity (Wildman–Crippen MR) is 92.2 cm³/mol. The second-order valence-corrected chi connectivity index (χ2v) is 6.85. The second kappa shape index (κ2) is 6.51. The fraction of sp³-hybridized carbons (Fsp3) is 0.588. The zero-order valence-corrected chi connectivity index (χ0v) is 14.7. The van der Waals surface area contributed by atoms with E-state index in [0.29, 0.717) is 18.3 Å². The van der Waals surface area contributed by atoms with Gasteiger partial charge in [-0.1, -0.05) is 0 Å². The van der Waals surface area contributed by atoms with Crippen LogP contribution in [0.2, 0.25) is 0 Å². The van der Waals surface area contributed by atoms with E-state index in [1.54, 1.807) is 4.68 Å². The Labute approximate surface area is 146 Å². The number of hydrogen-bond acceptors (Lipinski definition) is 4. The maximum Gasteiger partial charge on any atom is 0.320 e. The average molecular weight is 344 g/mol. The minimum Gasteiger partial charge on any atom is -0.372 e. The first-order valence-electron chi connectivity index (χ1n) is 8.83. The standard InChI is InChI=1S/C17H24N6O2/c1-22-12(8-13(20-22)11-5-6-11)10-18-17(24)19-16-9-14(21-23(16)2)15-4-3-7-25-15/h8-9,11,15H,3-7,10H2,1-2H3,(H2,18,19,24). The monoisotopic (exact) mass is 344 g/mol.